The molecule has 3 nitrogen and oxygen atoms in total. The summed E-state index contributed by atoms with van der Waals surface area (Å²) in [5.74, 6) is 0. The number of hydrogen-bond donors (Lipinski definition) is 0. The molecule has 0 radical (unpaired) electrons. The molecule has 3 heteroatoms. The number of rotatable bonds is 4. The van der Waals surface area contributed by atoms with Crippen LogP contribution in [0.4, 0.5) is 0 Å². The summed E-state index contributed by atoms with van der Waals surface area (Å²) >= 11 is 0. The second-order valence-corrected chi connectivity index (χ2v) is 5.58. The molecule has 0 aromatic heterocycles. The van der Waals surface area contributed by atoms with Crippen LogP contribution in [-0.4, -0.2) is 72.6 Å². The van der Waals surface area contributed by atoms with Gasteiger partial charge in [0, 0.05) is 51.4 Å². The fraction of sp³-hybridized carbons (Fsp3) is 1.00. The predicted octanol–water partition coefficient (Wildman–Crippen LogP) is 2.13. The number of nitrogens with zero attached hydrogens (tertiary/aromatic N) is 3. The van der Waals surface area contributed by atoms with E-state index >= 15 is 0 Å². The Morgan fingerprint density at radius 1 is 1.00 bits per heavy atom. The monoisotopic (exact) mass is 255 g/mol. The Balaban J connectivity index is 0.000000771. The normalized spacial score (nSPS) is 23.7. The zero-order valence-electron chi connectivity index (χ0n) is 13.2. The summed E-state index contributed by atoms with van der Waals surface area (Å²) in [6.45, 7) is 19.9. The Bertz CT molecular complexity index is 204. The minimum atomic E-state index is 0.722. The van der Waals surface area contributed by atoms with Crippen LogP contribution in [0.2, 0.25) is 0 Å². The van der Waals surface area contributed by atoms with Gasteiger partial charge in [0.05, 0.1) is 0 Å². The molecule has 2 aliphatic heterocycles. The van der Waals surface area contributed by atoms with Crippen LogP contribution in [0.15, 0.2) is 0 Å². The Kier molecular flexibility index (Phi) is 7.20. The molecule has 2 rings (SSSR count). The van der Waals surface area contributed by atoms with Crippen molar-refractivity contribution in [2.75, 3.05) is 45.8 Å². The lowest BCUT2D eigenvalue weighted by Crippen LogP contribution is -2.63. The Hall–Kier alpha value is -0.120. The van der Waals surface area contributed by atoms with Crippen LogP contribution >= 0.6 is 0 Å². The van der Waals surface area contributed by atoms with E-state index in [4.69, 9.17) is 0 Å². The van der Waals surface area contributed by atoms with Gasteiger partial charge >= 0.3 is 0 Å². The predicted molar refractivity (Wildman–Crippen MR) is 80.1 cm³/mol. The molecule has 0 bridgehead atoms. The van der Waals surface area contributed by atoms with Crippen LogP contribution in [0.3, 0.4) is 0 Å². The number of piperazine rings is 1. The van der Waals surface area contributed by atoms with Gasteiger partial charge < -0.3 is 4.90 Å². The van der Waals surface area contributed by atoms with Crippen molar-refractivity contribution in [3.8, 4) is 0 Å². The van der Waals surface area contributed by atoms with Crippen molar-refractivity contribution in [2.24, 2.45) is 0 Å². The average molecular weight is 255 g/mol. The number of hydrogen-bond acceptors (Lipinski definition) is 3. The van der Waals surface area contributed by atoms with Gasteiger partial charge in [0.1, 0.15) is 0 Å². The highest BCUT2D eigenvalue weighted by Crippen LogP contribution is 2.17. The molecule has 0 spiro atoms. The van der Waals surface area contributed by atoms with Crippen LogP contribution in [0.5, 0.6) is 0 Å². The van der Waals surface area contributed by atoms with Gasteiger partial charge in [0.2, 0.25) is 0 Å². The SMILES string of the molecule is CC.CCCN1CC(N2CCN(C(C)C)CC2)C1. The van der Waals surface area contributed by atoms with Gasteiger partial charge in [-0.15, -0.1) is 0 Å². The standard InChI is InChI=1S/C13H27N3.C2H6/c1-4-5-14-10-13(11-14)16-8-6-15(7-9-16)12(2)3;1-2/h12-13H,4-11H2,1-3H3;1-2H3. The molecule has 0 aliphatic carbocycles. The van der Waals surface area contributed by atoms with Gasteiger partial charge in [-0.25, -0.2) is 0 Å². The van der Waals surface area contributed by atoms with Gasteiger partial charge in [-0.3, -0.25) is 9.80 Å². The van der Waals surface area contributed by atoms with E-state index in [0.717, 1.165) is 12.1 Å². The molecular formula is C15H33N3. The third-order valence-electron chi connectivity index (χ3n) is 4.07. The maximum absolute atomic E-state index is 2.70. The van der Waals surface area contributed by atoms with E-state index in [1.54, 1.807) is 0 Å². The molecule has 108 valence electrons. The van der Waals surface area contributed by atoms with Crippen molar-refractivity contribution < 1.29 is 0 Å². The first-order valence-corrected chi connectivity index (χ1v) is 7.91. The van der Waals surface area contributed by atoms with Crippen molar-refractivity contribution in [1.82, 2.24) is 14.7 Å². The maximum atomic E-state index is 2.70. The molecule has 0 aromatic rings. The Morgan fingerprint density at radius 3 is 2.00 bits per heavy atom. The lowest BCUT2D eigenvalue weighted by molar-refractivity contribution is -0.000286. The van der Waals surface area contributed by atoms with E-state index in [2.05, 4.69) is 35.5 Å². The van der Waals surface area contributed by atoms with Crippen molar-refractivity contribution in [1.29, 1.82) is 0 Å². The van der Waals surface area contributed by atoms with Gasteiger partial charge in [-0.2, -0.15) is 0 Å². The first kappa shape index (κ1) is 15.9. The van der Waals surface area contributed by atoms with E-state index in [0.29, 0.717) is 0 Å². The zero-order chi connectivity index (χ0) is 13.5. The van der Waals surface area contributed by atoms with Crippen molar-refractivity contribution in [3.05, 3.63) is 0 Å². The molecular weight excluding hydrogens is 222 g/mol. The fourth-order valence-corrected chi connectivity index (χ4v) is 2.89. The minimum absolute atomic E-state index is 0.722. The van der Waals surface area contributed by atoms with Crippen LogP contribution < -0.4 is 0 Å². The molecule has 0 aromatic carbocycles. The molecule has 0 saturated carbocycles. The lowest BCUT2D eigenvalue weighted by Gasteiger charge is -2.48. The van der Waals surface area contributed by atoms with Crippen molar-refractivity contribution in [3.63, 3.8) is 0 Å². The molecule has 2 fully saturated rings. The second kappa shape index (κ2) is 8.13. The van der Waals surface area contributed by atoms with Gasteiger partial charge in [-0.05, 0) is 26.8 Å². The summed E-state index contributed by atoms with van der Waals surface area (Å²) in [4.78, 5) is 7.88. The summed E-state index contributed by atoms with van der Waals surface area (Å²) in [7, 11) is 0. The van der Waals surface area contributed by atoms with E-state index in [-0.39, 0.29) is 0 Å². The van der Waals surface area contributed by atoms with E-state index in [9.17, 15) is 0 Å². The summed E-state index contributed by atoms with van der Waals surface area (Å²) in [6, 6.07) is 1.58. The van der Waals surface area contributed by atoms with E-state index in [1.807, 2.05) is 13.8 Å². The van der Waals surface area contributed by atoms with Gasteiger partial charge in [-0.1, -0.05) is 20.8 Å². The highest BCUT2D eigenvalue weighted by molar-refractivity contribution is 4.90. The van der Waals surface area contributed by atoms with Crippen LogP contribution in [0.1, 0.15) is 41.0 Å². The summed E-state index contributed by atoms with van der Waals surface area (Å²) in [5, 5.41) is 0. The quantitative estimate of drug-likeness (QED) is 0.762. The second-order valence-electron chi connectivity index (χ2n) is 5.58. The van der Waals surface area contributed by atoms with Crippen molar-refractivity contribution in [2.45, 2.75) is 53.1 Å². The van der Waals surface area contributed by atoms with Gasteiger partial charge in [0.25, 0.3) is 0 Å². The smallest absolute Gasteiger partial charge is 0.0351 e. The molecule has 2 heterocycles. The van der Waals surface area contributed by atoms with Crippen molar-refractivity contribution >= 4 is 0 Å². The van der Waals surface area contributed by atoms with Crippen LogP contribution in [0.25, 0.3) is 0 Å². The zero-order valence-corrected chi connectivity index (χ0v) is 13.2. The highest BCUT2D eigenvalue weighted by Gasteiger charge is 2.32. The molecule has 0 unspecified atom stereocenters. The summed E-state index contributed by atoms with van der Waals surface area (Å²) < 4.78 is 0. The van der Waals surface area contributed by atoms with Gasteiger partial charge in [0.15, 0.2) is 0 Å². The third-order valence-corrected chi connectivity index (χ3v) is 4.07. The molecule has 18 heavy (non-hydrogen) atoms. The first-order valence-electron chi connectivity index (χ1n) is 7.91. The molecule has 0 N–H and O–H groups in total. The topological polar surface area (TPSA) is 9.72 Å². The minimum Gasteiger partial charge on any atom is -0.300 e. The molecule has 2 aliphatic rings. The Labute approximate surface area is 114 Å². The van der Waals surface area contributed by atoms with Crippen LogP contribution in [-0.2, 0) is 0 Å². The summed E-state index contributed by atoms with van der Waals surface area (Å²) in [5.41, 5.74) is 0. The third kappa shape index (κ3) is 4.22. The molecule has 2 saturated heterocycles. The average Bonchev–Trinajstić information content (AvgIpc) is 2.36. The van der Waals surface area contributed by atoms with E-state index < -0.39 is 0 Å². The Morgan fingerprint density at radius 2 is 1.56 bits per heavy atom. The largest absolute Gasteiger partial charge is 0.300 e. The van der Waals surface area contributed by atoms with E-state index in [1.165, 1.54) is 52.2 Å². The molecule has 0 atom stereocenters. The first-order chi connectivity index (χ1) is 8.70. The maximum Gasteiger partial charge on any atom is 0.0351 e. The molecule has 0 amide bonds. The lowest BCUT2D eigenvalue weighted by atomic mass is 10.1. The van der Waals surface area contributed by atoms with Crippen LogP contribution in [0, 0.1) is 0 Å². The summed E-state index contributed by atoms with van der Waals surface area (Å²) in [6.07, 6.45) is 1.30. The fourth-order valence-electron chi connectivity index (χ4n) is 2.89. The number of likely N-dealkylation sites (tertiary alicyclic amines) is 1. The highest BCUT2D eigenvalue weighted by atomic mass is 15.3.